The molecule has 0 aromatic heterocycles. The normalized spacial score (nSPS) is 16.9. The molecule has 0 saturated heterocycles. The fourth-order valence-corrected chi connectivity index (χ4v) is 1.97. The third-order valence-corrected chi connectivity index (χ3v) is 3.64. The molecule has 1 aromatic rings. The molecule has 1 saturated carbocycles. The van der Waals surface area contributed by atoms with Crippen molar-refractivity contribution in [2.45, 2.75) is 19.8 Å². The van der Waals surface area contributed by atoms with Crippen molar-refractivity contribution in [1.29, 1.82) is 0 Å². The van der Waals surface area contributed by atoms with E-state index >= 15 is 0 Å². The first kappa shape index (κ1) is 11.6. The van der Waals surface area contributed by atoms with E-state index < -0.39 is 0 Å². The number of rotatable bonds is 6. The van der Waals surface area contributed by atoms with Gasteiger partial charge in [0.25, 0.3) is 0 Å². The molecule has 0 bridgehead atoms. The molecule has 1 aliphatic rings. The van der Waals surface area contributed by atoms with Crippen LogP contribution in [0.2, 0.25) is 0 Å². The zero-order valence-electron chi connectivity index (χ0n) is 9.61. The van der Waals surface area contributed by atoms with E-state index in [-0.39, 0.29) is 0 Å². The van der Waals surface area contributed by atoms with Gasteiger partial charge in [0.15, 0.2) is 0 Å². The summed E-state index contributed by atoms with van der Waals surface area (Å²) in [7, 11) is 0. The van der Waals surface area contributed by atoms with E-state index in [0.717, 1.165) is 23.9 Å². The number of benzene rings is 1. The summed E-state index contributed by atoms with van der Waals surface area (Å²) in [6, 6.07) is 7.80. The summed E-state index contributed by atoms with van der Waals surface area (Å²) in [4.78, 5) is 0. The smallest absolute Gasteiger partial charge is 0.119 e. The van der Waals surface area contributed by atoms with Crippen LogP contribution in [-0.4, -0.2) is 19.0 Å². The van der Waals surface area contributed by atoms with Crippen LogP contribution in [0.3, 0.4) is 0 Å². The van der Waals surface area contributed by atoms with E-state index in [9.17, 15) is 0 Å². The van der Waals surface area contributed by atoms with Crippen molar-refractivity contribution >= 4 is 12.6 Å². The van der Waals surface area contributed by atoms with Gasteiger partial charge in [-0.25, -0.2) is 0 Å². The maximum Gasteiger partial charge on any atom is 0.119 e. The molecule has 0 atom stereocenters. The van der Waals surface area contributed by atoms with Gasteiger partial charge in [-0.1, -0.05) is 0 Å². The topological polar surface area (TPSA) is 18.5 Å². The second-order valence-corrected chi connectivity index (χ2v) is 4.67. The van der Waals surface area contributed by atoms with E-state index in [4.69, 9.17) is 9.47 Å². The van der Waals surface area contributed by atoms with Crippen LogP contribution < -0.4 is 9.47 Å². The minimum absolute atomic E-state index is 0.349. The third kappa shape index (κ3) is 2.85. The lowest BCUT2D eigenvalue weighted by atomic mass is 10.2. The van der Waals surface area contributed by atoms with Gasteiger partial charge in [-0.15, -0.1) is 0 Å². The van der Waals surface area contributed by atoms with Crippen LogP contribution >= 0.6 is 12.6 Å². The summed E-state index contributed by atoms with van der Waals surface area (Å²) < 4.78 is 11.1. The Hall–Kier alpha value is -0.830. The van der Waals surface area contributed by atoms with Crippen LogP contribution in [0.5, 0.6) is 11.5 Å². The number of ether oxygens (including phenoxy) is 2. The highest BCUT2D eigenvalue weighted by Gasteiger charge is 2.42. The number of thiol groups is 1. The lowest BCUT2D eigenvalue weighted by Crippen LogP contribution is -2.14. The Morgan fingerprint density at radius 3 is 2.12 bits per heavy atom. The van der Waals surface area contributed by atoms with Crippen molar-refractivity contribution in [3.05, 3.63) is 24.3 Å². The summed E-state index contributed by atoms with van der Waals surface area (Å²) in [5, 5.41) is 0. The van der Waals surface area contributed by atoms with E-state index in [2.05, 4.69) is 12.6 Å². The molecule has 1 aromatic carbocycles. The Kier molecular flexibility index (Phi) is 3.64. The maximum absolute atomic E-state index is 5.75. The SMILES string of the molecule is CCOc1ccc(OCC2(CS)CC2)cc1. The molecule has 0 amide bonds. The van der Waals surface area contributed by atoms with E-state index in [1.165, 1.54) is 12.8 Å². The van der Waals surface area contributed by atoms with Crippen LogP contribution in [0.1, 0.15) is 19.8 Å². The van der Waals surface area contributed by atoms with Crippen molar-refractivity contribution in [3.8, 4) is 11.5 Å². The number of hydrogen-bond donors (Lipinski definition) is 1. The lowest BCUT2D eigenvalue weighted by Gasteiger charge is -2.13. The monoisotopic (exact) mass is 238 g/mol. The molecule has 0 radical (unpaired) electrons. The molecular weight excluding hydrogens is 220 g/mol. The standard InChI is InChI=1S/C13H18O2S/c1-2-14-11-3-5-12(6-4-11)15-9-13(10-16)7-8-13/h3-6,16H,2,7-10H2,1H3. The van der Waals surface area contributed by atoms with E-state index in [1.807, 2.05) is 31.2 Å². The molecule has 1 aliphatic carbocycles. The molecule has 16 heavy (non-hydrogen) atoms. The average molecular weight is 238 g/mol. The first-order valence-corrected chi connectivity index (χ1v) is 6.38. The Morgan fingerprint density at radius 2 is 1.69 bits per heavy atom. The summed E-state index contributed by atoms with van der Waals surface area (Å²) in [5.74, 6) is 2.73. The van der Waals surface area contributed by atoms with Crippen molar-refractivity contribution < 1.29 is 9.47 Å². The molecule has 0 aliphatic heterocycles. The van der Waals surface area contributed by atoms with Gasteiger partial charge in [0.1, 0.15) is 11.5 Å². The Balaban J connectivity index is 1.85. The van der Waals surface area contributed by atoms with Gasteiger partial charge in [-0.05, 0) is 49.8 Å². The van der Waals surface area contributed by atoms with Crippen molar-refractivity contribution in [2.24, 2.45) is 5.41 Å². The lowest BCUT2D eigenvalue weighted by molar-refractivity contribution is 0.250. The maximum atomic E-state index is 5.75. The van der Waals surface area contributed by atoms with E-state index in [1.54, 1.807) is 0 Å². The van der Waals surface area contributed by atoms with Crippen LogP contribution in [0, 0.1) is 5.41 Å². The van der Waals surface area contributed by atoms with Gasteiger partial charge in [0, 0.05) is 5.41 Å². The van der Waals surface area contributed by atoms with Gasteiger partial charge < -0.3 is 9.47 Å². The third-order valence-electron chi connectivity index (χ3n) is 2.97. The zero-order valence-corrected chi connectivity index (χ0v) is 10.5. The molecule has 0 unspecified atom stereocenters. The highest BCUT2D eigenvalue weighted by molar-refractivity contribution is 7.80. The predicted molar refractivity (Wildman–Crippen MR) is 68.6 cm³/mol. The van der Waals surface area contributed by atoms with Gasteiger partial charge in [0.2, 0.25) is 0 Å². The first-order chi connectivity index (χ1) is 7.78. The van der Waals surface area contributed by atoms with Crippen LogP contribution in [0.4, 0.5) is 0 Å². The molecule has 0 N–H and O–H groups in total. The average Bonchev–Trinajstić information content (AvgIpc) is 3.09. The molecule has 2 nitrogen and oxygen atoms in total. The van der Waals surface area contributed by atoms with Crippen molar-refractivity contribution in [3.63, 3.8) is 0 Å². The Labute approximate surface area is 102 Å². The minimum atomic E-state index is 0.349. The van der Waals surface area contributed by atoms with Crippen LogP contribution in [0.15, 0.2) is 24.3 Å². The fourth-order valence-electron chi connectivity index (χ4n) is 1.56. The first-order valence-electron chi connectivity index (χ1n) is 5.74. The predicted octanol–water partition coefficient (Wildman–Crippen LogP) is 3.17. The summed E-state index contributed by atoms with van der Waals surface area (Å²) in [5.41, 5.74) is 0.349. The van der Waals surface area contributed by atoms with Gasteiger partial charge >= 0.3 is 0 Å². The highest BCUT2D eigenvalue weighted by atomic mass is 32.1. The second-order valence-electron chi connectivity index (χ2n) is 4.35. The van der Waals surface area contributed by atoms with Crippen LogP contribution in [0.25, 0.3) is 0 Å². The molecule has 88 valence electrons. The Morgan fingerprint density at radius 1 is 1.12 bits per heavy atom. The van der Waals surface area contributed by atoms with Gasteiger partial charge in [-0.2, -0.15) is 12.6 Å². The van der Waals surface area contributed by atoms with Gasteiger partial charge in [-0.3, -0.25) is 0 Å². The molecule has 2 rings (SSSR count). The highest BCUT2D eigenvalue weighted by Crippen LogP contribution is 2.46. The molecule has 1 fully saturated rings. The Bertz CT molecular complexity index is 330. The van der Waals surface area contributed by atoms with Crippen molar-refractivity contribution in [1.82, 2.24) is 0 Å². The minimum Gasteiger partial charge on any atom is -0.494 e. The molecule has 3 heteroatoms. The fraction of sp³-hybridized carbons (Fsp3) is 0.538. The van der Waals surface area contributed by atoms with Crippen LogP contribution in [-0.2, 0) is 0 Å². The summed E-state index contributed by atoms with van der Waals surface area (Å²) >= 11 is 4.35. The summed E-state index contributed by atoms with van der Waals surface area (Å²) in [6.07, 6.45) is 2.49. The van der Waals surface area contributed by atoms with Gasteiger partial charge in [0.05, 0.1) is 13.2 Å². The number of hydrogen-bond acceptors (Lipinski definition) is 3. The molecule has 0 spiro atoms. The van der Waals surface area contributed by atoms with Crippen molar-refractivity contribution in [2.75, 3.05) is 19.0 Å². The zero-order chi connectivity index (χ0) is 11.4. The second kappa shape index (κ2) is 5.00. The largest absolute Gasteiger partial charge is 0.494 e. The molecule has 0 heterocycles. The summed E-state index contributed by atoms with van der Waals surface area (Å²) in [6.45, 7) is 3.46. The quantitative estimate of drug-likeness (QED) is 0.767. The molecular formula is C13H18O2S. The van der Waals surface area contributed by atoms with E-state index in [0.29, 0.717) is 12.0 Å².